The molecular formula is C27H26ClN3O3S. The molecule has 180 valence electrons. The lowest BCUT2D eigenvalue weighted by atomic mass is 10.1. The first-order valence-electron chi connectivity index (χ1n) is 11.6. The highest BCUT2D eigenvalue weighted by atomic mass is 35.5. The van der Waals surface area contributed by atoms with E-state index in [1.54, 1.807) is 10.7 Å². The number of benzene rings is 2. The summed E-state index contributed by atoms with van der Waals surface area (Å²) < 4.78 is 13.9. The molecule has 0 aliphatic carbocycles. The maximum atomic E-state index is 13.6. The third-order valence-corrected chi connectivity index (χ3v) is 7.16. The summed E-state index contributed by atoms with van der Waals surface area (Å²) in [5, 5.41) is 7.22. The predicted octanol–water partition coefficient (Wildman–Crippen LogP) is 6.42. The van der Waals surface area contributed by atoms with Crippen molar-refractivity contribution >= 4 is 28.8 Å². The van der Waals surface area contributed by atoms with Crippen LogP contribution in [-0.2, 0) is 18.3 Å². The van der Waals surface area contributed by atoms with Crippen LogP contribution >= 0.6 is 22.9 Å². The summed E-state index contributed by atoms with van der Waals surface area (Å²) in [5.41, 5.74) is 2.54. The zero-order valence-electron chi connectivity index (χ0n) is 19.4. The van der Waals surface area contributed by atoms with E-state index in [1.165, 1.54) is 11.3 Å². The fraction of sp³-hybridized carbons (Fsp3) is 0.259. The number of carbonyl (C=O) groups excluding carboxylic acids is 1. The lowest BCUT2D eigenvalue weighted by Crippen LogP contribution is -2.36. The van der Waals surface area contributed by atoms with Crippen LogP contribution in [0.15, 0.2) is 72.1 Å². The number of carbonyl (C=O) groups is 1. The minimum Gasteiger partial charge on any atom is -0.437 e. The monoisotopic (exact) mass is 507 g/mol. The highest BCUT2D eigenvalue weighted by Gasteiger charge is 2.28. The normalized spacial score (nSPS) is 15.3. The molecule has 1 aliphatic rings. The second-order valence-corrected chi connectivity index (χ2v) is 9.81. The molecule has 2 aromatic carbocycles. The standard InChI is InChI=1S/C27H26ClN3O3S/c1-30-27(34-23-13-6-5-12-22(23)28)21(25(29-30)19-9-3-2-4-10-19)18-31(17-20-11-7-15-33-20)26(32)24-14-8-16-35-24/h2-6,8-10,12-14,16,20H,7,11,15,17-18H2,1H3/t20-/m1/s1. The zero-order valence-corrected chi connectivity index (χ0v) is 21.0. The highest BCUT2D eigenvalue weighted by molar-refractivity contribution is 7.12. The van der Waals surface area contributed by atoms with Crippen molar-refractivity contribution in [3.8, 4) is 22.9 Å². The molecule has 3 heterocycles. The molecule has 0 N–H and O–H groups in total. The number of rotatable bonds is 8. The number of para-hydroxylation sites is 1. The van der Waals surface area contributed by atoms with Crippen molar-refractivity contribution in [1.82, 2.24) is 14.7 Å². The largest absolute Gasteiger partial charge is 0.437 e. The van der Waals surface area contributed by atoms with Crippen LogP contribution in [0.4, 0.5) is 0 Å². The summed E-state index contributed by atoms with van der Waals surface area (Å²) in [6, 6.07) is 21.0. The summed E-state index contributed by atoms with van der Waals surface area (Å²) in [4.78, 5) is 16.1. The first kappa shape index (κ1) is 23.6. The SMILES string of the molecule is Cn1nc(-c2ccccc2)c(CN(C[C@H]2CCCO2)C(=O)c2cccs2)c1Oc1ccccc1Cl. The number of aromatic nitrogens is 2. The summed E-state index contributed by atoms with van der Waals surface area (Å²) in [6.07, 6.45) is 1.97. The Bertz CT molecular complexity index is 1280. The number of amides is 1. The average Bonchev–Trinajstić information content (AvgIpc) is 3.64. The van der Waals surface area contributed by atoms with Crippen molar-refractivity contribution < 1.29 is 14.3 Å². The molecule has 0 unspecified atom stereocenters. The molecule has 6 nitrogen and oxygen atoms in total. The van der Waals surface area contributed by atoms with Crippen molar-refractivity contribution in [3.05, 3.63) is 87.6 Å². The smallest absolute Gasteiger partial charge is 0.264 e. The van der Waals surface area contributed by atoms with Gasteiger partial charge in [-0.3, -0.25) is 4.79 Å². The van der Waals surface area contributed by atoms with Gasteiger partial charge >= 0.3 is 0 Å². The molecule has 5 rings (SSSR count). The fourth-order valence-corrected chi connectivity index (χ4v) is 5.15. The van der Waals surface area contributed by atoms with Gasteiger partial charge in [0.05, 0.1) is 28.1 Å². The molecule has 0 spiro atoms. The van der Waals surface area contributed by atoms with Gasteiger partial charge in [-0.15, -0.1) is 11.3 Å². The van der Waals surface area contributed by atoms with Gasteiger partial charge < -0.3 is 14.4 Å². The van der Waals surface area contributed by atoms with Gasteiger partial charge in [-0.25, -0.2) is 4.68 Å². The third kappa shape index (κ3) is 5.27. The predicted molar refractivity (Wildman–Crippen MR) is 138 cm³/mol. The van der Waals surface area contributed by atoms with E-state index in [0.717, 1.165) is 36.3 Å². The Balaban J connectivity index is 1.56. The van der Waals surface area contributed by atoms with E-state index in [4.69, 9.17) is 26.2 Å². The molecule has 1 amide bonds. The van der Waals surface area contributed by atoms with E-state index >= 15 is 0 Å². The van der Waals surface area contributed by atoms with Crippen LogP contribution in [0.25, 0.3) is 11.3 Å². The Hall–Kier alpha value is -3.13. The van der Waals surface area contributed by atoms with Crippen LogP contribution < -0.4 is 4.74 Å². The zero-order chi connectivity index (χ0) is 24.2. The molecule has 1 saturated heterocycles. The number of thiophene rings is 1. The molecular weight excluding hydrogens is 482 g/mol. The van der Waals surface area contributed by atoms with Crippen LogP contribution in [0.1, 0.15) is 28.1 Å². The Kier molecular flexibility index (Phi) is 7.18. The molecule has 0 radical (unpaired) electrons. The van der Waals surface area contributed by atoms with Crippen molar-refractivity contribution in [1.29, 1.82) is 0 Å². The third-order valence-electron chi connectivity index (χ3n) is 5.99. The fourth-order valence-electron chi connectivity index (χ4n) is 4.28. The molecule has 0 saturated carbocycles. The Morgan fingerprint density at radius 1 is 1.17 bits per heavy atom. The van der Waals surface area contributed by atoms with Crippen molar-refractivity contribution in [2.24, 2.45) is 7.05 Å². The van der Waals surface area contributed by atoms with Gasteiger partial charge in [0, 0.05) is 25.8 Å². The first-order valence-corrected chi connectivity index (χ1v) is 12.8. The molecule has 1 atom stereocenters. The minimum absolute atomic E-state index is 0.0173. The van der Waals surface area contributed by atoms with Crippen molar-refractivity contribution in [2.75, 3.05) is 13.2 Å². The molecule has 1 fully saturated rings. The molecule has 2 aromatic heterocycles. The molecule has 35 heavy (non-hydrogen) atoms. The molecule has 0 bridgehead atoms. The van der Waals surface area contributed by atoms with Gasteiger partial charge in [-0.1, -0.05) is 60.1 Å². The average molecular weight is 508 g/mol. The van der Waals surface area contributed by atoms with Crippen LogP contribution in [0.5, 0.6) is 11.6 Å². The van der Waals surface area contributed by atoms with E-state index in [2.05, 4.69) is 0 Å². The van der Waals surface area contributed by atoms with Gasteiger partial charge in [-0.05, 0) is 36.4 Å². The van der Waals surface area contributed by atoms with Crippen molar-refractivity contribution in [2.45, 2.75) is 25.5 Å². The van der Waals surface area contributed by atoms with Gasteiger partial charge in [-0.2, -0.15) is 5.10 Å². The van der Waals surface area contributed by atoms with E-state index in [1.807, 2.05) is 78.0 Å². The lowest BCUT2D eigenvalue weighted by Gasteiger charge is -2.25. The second kappa shape index (κ2) is 10.6. The highest BCUT2D eigenvalue weighted by Crippen LogP contribution is 2.37. The molecule has 1 aliphatic heterocycles. The summed E-state index contributed by atoms with van der Waals surface area (Å²) in [5.74, 6) is 1.06. The van der Waals surface area contributed by atoms with Crippen LogP contribution in [0, 0.1) is 0 Å². The Labute approximate surface area is 213 Å². The van der Waals surface area contributed by atoms with E-state index in [-0.39, 0.29) is 12.0 Å². The number of nitrogens with zero attached hydrogens (tertiary/aromatic N) is 3. The van der Waals surface area contributed by atoms with Crippen LogP contribution in [0.3, 0.4) is 0 Å². The van der Waals surface area contributed by atoms with Crippen LogP contribution in [0.2, 0.25) is 5.02 Å². The lowest BCUT2D eigenvalue weighted by molar-refractivity contribution is 0.0510. The van der Waals surface area contributed by atoms with Gasteiger partial charge in [0.25, 0.3) is 5.91 Å². The van der Waals surface area contributed by atoms with Gasteiger partial charge in [0.15, 0.2) is 0 Å². The number of hydrogen-bond acceptors (Lipinski definition) is 5. The number of hydrogen-bond donors (Lipinski definition) is 0. The van der Waals surface area contributed by atoms with E-state index < -0.39 is 0 Å². The minimum atomic E-state index is -0.0259. The summed E-state index contributed by atoms with van der Waals surface area (Å²) in [6.45, 7) is 1.56. The van der Waals surface area contributed by atoms with Crippen molar-refractivity contribution in [3.63, 3.8) is 0 Å². The Morgan fingerprint density at radius 2 is 1.97 bits per heavy atom. The topological polar surface area (TPSA) is 56.6 Å². The number of halogens is 1. The summed E-state index contributed by atoms with van der Waals surface area (Å²) in [7, 11) is 1.84. The number of ether oxygens (including phenoxy) is 2. The first-order chi connectivity index (χ1) is 17.1. The Morgan fingerprint density at radius 3 is 2.69 bits per heavy atom. The van der Waals surface area contributed by atoms with Gasteiger partial charge in [0.1, 0.15) is 11.4 Å². The maximum Gasteiger partial charge on any atom is 0.264 e. The maximum absolute atomic E-state index is 13.6. The summed E-state index contributed by atoms with van der Waals surface area (Å²) >= 11 is 7.85. The molecule has 4 aromatic rings. The quantitative estimate of drug-likeness (QED) is 0.276. The van der Waals surface area contributed by atoms with Gasteiger partial charge in [0.2, 0.25) is 5.88 Å². The molecule has 8 heteroatoms. The second-order valence-electron chi connectivity index (χ2n) is 8.45. The van der Waals surface area contributed by atoms with Crippen LogP contribution in [-0.4, -0.2) is 39.8 Å². The number of aryl methyl sites for hydroxylation is 1. The van der Waals surface area contributed by atoms with E-state index in [9.17, 15) is 4.79 Å². The van der Waals surface area contributed by atoms with E-state index in [0.29, 0.717) is 34.6 Å².